The molecule has 1 aromatic carbocycles. The van der Waals surface area contributed by atoms with Crippen LogP contribution in [-0.2, 0) is 11.8 Å². The number of halogens is 1. The molecule has 2 fully saturated rings. The summed E-state index contributed by atoms with van der Waals surface area (Å²) < 4.78 is 44.2. The summed E-state index contributed by atoms with van der Waals surface area (Å²) in [5.41, 5.74) is 0.0792. The summed E-state index contributed by atoms with van der Waals surface area (Å²) in [6.45, 7) is -2.51. The van der Waals surface area contributed by atoms with E-state index in [1.807, 2.05) is 5.32 Å². The van der Waals surface area contributed by atoms with E-state index < -0.39 is 24.4 Å². The summed E-state index contributed by atoms with van der Waals surface area (Å²) in [5.74, 6) is -2.51. The third-order valence-electron chi connectivity index (χ3n) is 7.07. The fourth-order valence-corrected chi connectivity index (χ4v) is 4.83. The lowest BCUT2D eigenvalue weighted by molar-refractivity contribution is -0.117. The Morgan fingerprint density at radius 2 is 1.98 bits per heavy atom. The first kappa shape index (κ1) is 24.2. The number of aliphatic hydroxyl groups excluding tert-OH is 1. The molecule has 2 aliphatic rings. The van der Waals surface area contributed by atoms with Gasteiger partial charge in [-0.2, -0.15) is 5.10 Å². The molecular formula is C27H31FN8O5. The lowest BCUT2D eigenvalue weighted by Gasteiger charge is -2.22. The predicted molar refractivity (Wildman–Crippen MR) is 146 cm³/mol. The van der Waals surface area contributed by atoms with Gasteiger partial charge in [-0.05, 0) is 37.8 Å². The van der Waals surface area contributed by atoms with Gasteiger partial charge >= 0.3 is 0 Å². The molecule has 5 rings (SSSR count). The van der Waals surface area contributed by atoms with Crippen LogP contribution in [0.1, 0.15) is 50.8 Å². The highest BCUT2D eigenvalue weighted by atomic mass is 19.1. The summed E-state index contributed by atoms with van der Waals surface area (Å²) >= 11 is 0. The van der Waals surface area contributed by atoms with Crippen LogP contribution in [0.15, 0.2) is 24.3 Å². The van der Waals surface area contributed by atoms with Crippen molar-refractivity contribution in [2.24, 2.45) is 13.0 Å². The highest BCUT2D eigenvalue weighted by Gasteiger charge is 2.32. The van der Waals surface area contributed by atoms with Crippen molar-refractivity contribution in [3.05, 3.63) is 41.5 Å². The van der Waals surface area contributed by atoms with Crippen molar-refractivity contribution < 1.29 is 32.7 Å². The smallest absolute Gasteiger partial charge is 0.273 e. The Balaban J connectivity index is 1.52. The van der Waals surface area contributed by atoms with E-state index in [-0.39, 0.29) is 70.3 Å². The lowest BCUT2D eigenvalue weighted by atomic mass is 10.1. The Labute approximate surface area is 239 Å². The molecule has 216 valence electrons. The second-order valence-electron chi connectivity index (χ2n) is 9.88. The number of carbonyl (C=O) groups excluding carboxylic acids is 3. The van der Waals surface area contributed by atoms with Gasteiger partial charge in [0.1, 0.15) is 11.5 Å². The van der Waals surface area contributed by atoms with Crippen LogP contribution >= 0.6 is 0 Å². The molecule has 0 bridgehead atoms. The maximum atomic E-state index is 15.1. The minimum absolute atomic E-state index is 0.0105. The number of nitrogens with one attached hydrogen (secondary N) is 3. The van der Waals surface area contributed by atoms with Crippen LogP contribution in [0.25, 0.3) is 11.3 Å². The van der Waals surface area contributed by atoms with Gasteiger partial charge in [0.15, 0.2) is 17.3 Å². The molecule has 1 aliphatic carbocycles. The van der Waals surface area contributed by atoms with Crippen LogP contribution < -0.4 is 20.7 Å². The van der Waals surface area contributed by atoms with E-state index in [0.717, 1.165) is 25.3 Å². The Bertz CT molecular complexity index is 1610. The normalized spacial score (nSPS) is 17.8. The zero-order valence-corrected chi connectivity index (χ0v) is 22.4. The van der Waals surface area contributed by atoms with Crippen LogP contribution in [0, 0.1) is 11.7 Å². The van der Waals surface area contributed by atoms with Gasteiger partial charge in [-0.3, -0.25) is 19.1 Å². The number of nitrogens with zero attached hydrogens (tertiary/aromatic N) is 5. The Kier molecular flexibility index (Phi) is 6.79. The first-order chi connectivity index (χ1) is 20.9. The first-order valence-corrected chi connectivity index (χ1v) is 13.0. The van der Waals surface area contributed by atoms with Gasteiger partial charge in [0.25, 0.3) is 11.8 Å². The molecule has 13 nitrogen and oxygen atoms in total. The molecule has 1 atom stereocenters. The SMILES string of the molecule is [2H]C([2H])([2H])NC(=O)c1nnc(NC(=O)C2CC2)cc1Nc1cc(F)cc(-c2cc(C(=O)N3CCC[C@H]3CO)n(C)n2)c1OC. The molecule has 3 heterocycles. The van der Waals surface area contributed by atoms with Crippen LogP contribution in [0.2, 0.25) is 0 Å². The summed E-state index contributed by atoms with van der Waals surface area (Å²) in [7, 11) is 2.91. The van der Waals surface area contributed by atoms with E-state index in [4.69, 9.17) is 8.85 Å². The van der Waals surface area contributed by atoms with Crippen molar-refractivity contribution >= 4 is 34.9 Å². The second kappa shape index (κ2) is 11.5. The number of hydrogen-bond acceptors (Lipinski definition) is 9. The number of hydrogen-bond donors (Lipinski definition) is 4. The van der Waals surface area contributed by atoms with Crippen LogP contribution in [-0.4, -0.2) is 81.0 Å². The summed E-state index contributed by atoms with van der Waals surface area (Å²) in [6.07, 6.45) is 2.90. The minimum Gasteiger partial charge on any atom is -0.494 e. The van der Waals surface area contributed by atoms with Gasteiger partial charge in [0, 0.05) is 48.3 Å². The average molecular weight is 570 g/mol. The molecule has 0 spiro atoms. The third kappa shape index (κ3) is 5.68. The standard InChI is InChI=1S/C27H31FN8O5/c1-29-26(39)23-19(12-22(32-33-23)31-25(38)14-6-7-14)30-20-10-15(28)9-17(24(20)41-3)18-11-21(35(2)34-18)27(40)36-8-4-5-16(36)13-37/h9-12,14,16,37H,4-8,13H2,1-3H3,(H,29,39)(H2,30,31,32,38)/t16-/m0/s1/i1D3. The van der Waals surface area contributed by atoms with Crippen molar-refractivity contribution in [1.29, 1.82) is 0 Å². The molecule has 0 radical (unpaired) electrons. The minimum atomic E-state index is -2.83. The summed E-state index contributed by atoms with van der Waals surface area (Å²) in [5, 5.41) is 29.1. The van der Waals surface area contributed by atoms with E-state index in [0.29, 0.717) is 13.0 Å². The van der Waals surface area contributed by atoms with Crippen molar-refractivity contribution in [2.75, 3.05) is 37.9 Å². The third-order valence-corrected chi connectivity index (χ3v) is 7.07. The van der Waals surface area contributed by atoms with E-state index in [1.54, 1.807) is 11.9 Å². The number of rotatable bonds is 9. The fourth-order valence-electron chi connectivity index (χ4n) is 4.83. The monoisotopic (exact) mass is 569 g/mol. The van der Waals surface area contributed by atoms with Crippen LogP contribution in [0.4, 0.5) is 21.6 Å². The van der Waals surface area contributed by atoms with Crippen molar-refractivity contribution in [3.8, 4) is 17.0 Å². The van der Waals surface area contributed by atoms with E-state index in [1.165, 1.54) is 30.0 Å². The lowest BCUT2D eigenvalue weighted by Crippen LogP contribution is -2.38. The van der Waals surface area contributed by atoms with Crippen molar-refractivity contribution in [3.63, 3.8) is 0 Å². The number of amides is 3. The van der Waals surface area contributed by atoms with Gasteiger partial charge in [0.2, 0.25) is 5.91 Å². The molecule has 41 heavy (non-hydrogen) atoms. The Morgan fingerprint density at radius 1 is 1.17 bits per heavy atom. The largest absolute Gasteiger partial charge is 0.494 e. The van der Waals surface area contributed by atoms with E-state index >= 15 is 4.39 Å². The number of benzene rings is 1. The molecule has 14 heteroatoms. The van der Waals surface area contributed by atoms with Gasteiger partial charge in [-0.1, -0.05) is 0 Å². The first-order valence-electron chi connectivity index (χ1n) is 14.5. The number of methoxy groups -OCH3 is 1. The van der Waals surface area contributed by atoms with Gasteiger partial charge < -0.3 is 30.7 Å². The predicted octanol–water partition coefficient (Wildman–Crippen LogP) is 2.07. The molecule has 0 unspecified atom stereocenters. The van der Waals surface area contributed by atoms with Crippen molar-refractivity contribution in [1.82, 2.24) is 30.2 Å². The van der Waals surface area contributed by atoms with Gasteiger partial charge in [0.05, 0.1) is 36.8 Å². The number of anilines is 3. The summed E-state index contributed by atoms with van der Waals surface area (Å²) in [6, 6.07) is 4.72. The van der Waals surface area contributed by atoms with Gasteiger partial charge in [-0.25, -0.2) is 4.39 Å². The molecule has 2 aromatic heterocycles. The van der Waals surface area contributed by atoms with Gasteiger partial charge in [-0.15, -0.1) is 10.2 Å². The Hall–Kier alpha value is -4.59. The maximum absolute atomic E-state index is 15.1. The number of aliphatic hydroxyl groups is 1. The quantitative estimate of drug-likeness (QED) is 0.302. The average Bonchev–Trinajstić information content (AvgIpc) is 3.58. The fraction of sp³-hybridized carbons (Fsp3) is 0.407. The van der Waals surface area contributed by atoms with Crippen molar-refractivity contribution in [2.45, 2.75) is 31.7 Å². The molecule has 4 N–H and O–H groups in total. The number of ether oxygens (including phenoxy) is 1. The molecule has 1 aliphatic heterocycles. The zero-order valence-electron chi connectivity index (χ0n) is 25.4. The van der Waals surface area contributed by atoms with Crippen LogP contribution in [0.5, 0.6) is 5.75 Å². The molecule has 1 saturated heterocycles. The second-order valence-corrected chi connectivity index (χ2v) is 9.88. The molecule has 3 amide bonds. The number of aromatic nitrogens is 4. The van der Waals surface area contributed by atoms with Crippen LogP contribution in [0.3, 0.4) is 0 Å². The highest BCUT2D eigenvalue weighted by molar-refractivity contribution is 6.00. The number of likely N-dealkylation sites (tertiary alicyclic amines) is 1. The molecule has 3 aromatic rings. The number of carbonyl (C=O) groups is 3. The Morgan fingerprint density at radius 3 is 2.68 bits per heavy atom. The number of aryl methyl sites for hydroxylation is 1. The molecule has 1 saturated carbocycles. The van der Waals surface area contributed by atoms with E-state index in [2.05, 4.69) is 25.9 Å². The topological polar surface area (TPSA) is 164 Å². The highest BCUT2D eigenvalue weighted by Crippen LogP contribution is 2.39. The maximum Gasteiger partial charge on any atom is 0.273 e. The zero-order chi connectivity index (χ0) is 31.8. The summed E-state index contributed by atoms with van der Waals surface area (Å²) in [4.78, 5) is 40.0. The molecular weight excluding hydrogens is 535 g/mol. The van der Waals surface area contributed by atoms with E-state index in [9.17, 15) is 19.5 Å².